The van der Waals surface area contributed by atoms with Crippen LogP contribution in [0.3, 0.4) is 0 Å². The van der Waals surface area contributed by atoms with Crippen LogP contribution in [0.15, 0.2) is 18.3 Å². The molecule has 0 aromatic carbocycles. The van der Waals surface area contributed by atoms with E-state index in [0.717, 1.165) is 12.8 Å². The second-order valence-electron chi connectivity index (χ2n) is 8.16. The number of anilines is 1. The van der Waals surface area contributed by atoms with Gasteiger partial charge in [0, 0.05) is 45.3 Å². The number of amides is 3. The highest BCUT2D eigenvalue weighted by molar-refractivity contribution is 6.01. The van der Waals surface area contributed by atoms with E-state index in [2.05, 4.69) is 15.6 Å². The lowest BCUT2D eigenvalue weighted by molar-refractivity contribution is -0.141. The van der Waals surface area contributed by atoms with Crippen molar-refractivity contribution in [1.29, 1.82) is 0 Å². The molecule has 2 saturated heterocycles. The second kappa shape index (κ2) is 7.98. The van der Waals surface area contributed by atoms with Gasteiger partial charge in [0.2, 0.25) is 11.8 Å². The number of carbonyl (C=O) groups is 3. The number of nitrogens with one attached hydrogen (secondary N) is 2. The SMILES string of the molecule is O=C1NC2(CCC(=O)N(CC(=O)N3CCCC(CO)C3)CC2)Nc2ncccc21. The number of aliphatic hydroxyl groups excluding tert-OH is 1. The standard InChI is InChI=1S/C20H27N5O4/c26-13-14-3-2-9-24(11-14)17(28)12-25-10-7-20(6-5-16(25)27)22-18-15(19(29)23-20)4-1-8-21-18/h1,4,8,14,26H,2-3,5-7,9-13H2,(H,21,22)(H,23,29). The fourth-order valence-electron chi connectivity index (χ4n) is 4.41. The van der Waals surface area contributed by atoms with Crippen molar-refractivity contribution in [2.75, 3.05) is 38.1 Å². The minimum atomic E-state index is -0.737. The third-order valence-corrected chi connectivity index (χ3v) is 6.15. The van der Waals surface area contributed by atoms with E-state index in [1.165, 1.54) is 0 Å². The zero-order chi connectivity index (χ0) is 20.4. The van der Waals surface area contributed by atoms with Gasteiger partial charge in [-0.25, -0.2) is 4.98 Å². The quantitative estimate of drug-likeness (QED) is 0.666. The van der Waals surface area contributed by atoms with Gasteiger partial charge in [-0.2, -0.15) is 0 Å². The molecule has 0 aliphatic carbocycles. The summed E-state index contributed by atoms with van der Waals surface area (Å²) in [5, 5.41) is 15.7. The first-order valence-electron chi connectivity index (χ1n) is 10.2. The largest absolute Gasteiger partial charge is 0.396 e. The van der Waals surface area contributed by atoms with E-state index in [1.807, 2.05) is 0 Å². The van der Waals surface area contributed by atoms with Gasteiger partial charge in [0.15, 0.2) is 0 Å². The van der Waals surface area contributed by atoms with E-state index in [-0.39, 0.29) is 43.2 Å². The molecule has 1 spiro atoms. The first kappa shape index (κ1) is 19.6. The Morgan fingerprint density at radius 2 is 2.14 bits per heavy atom. The van der Waals surface area contributed by atoms with Crippen molar-refractivity contribution in [2.45, 2.75) is 37.8 Å². The zero-order valence-electron chi connectivity index (χ0n) is 16.4. The Morgan fingerprint density at radius 1 is 1.28 bits per heavy atom. The summed E-state index contributed by atoms with van der Waals surface area (Å²) in [4.78, 5) is 45.5. The van der Waals surface area contributed by atoms with Crippen molar-refractivity contribution >= 4 is 23.5 Å². The monoisotopic (exact) mass is 401 g/mol. The second-order valence-corrected chi connectivity index (χ2v) is 8.16. The maximum absolute atomic E-state index is 12.7. The van der Waals surface area contributed by atoms with Gasteiger partial charge >= 0.3 is 0 Å². The molecule has 3 amide bonds. The van der Waals surface area contributed by atoms with Crippen LogP contribution >= 0.6 is 0 Å². The zero-order valence-corrected chi connectivity index (χ0v) is 16.4. The minimum absolute atomic E-state index is 0.0375. The maximum Gasteiger partial charge on any atom is 0.256 e. The van der Waals surface area contributed by atoms with Gasteiger partial charge in [-0.15, -0.1) is 0 Å². The molecule has 29 heavy (non-hydrogen) atoms. The maximum atomic E-state index is 12.7. The predicted octanol–water partition coefficient (Wildman–Crippen LogP) is 0.177. The summed E-state index contributed by atoms with van der Waals surface area (Å²) in [5.41, 5.74) is -0.247. The highest BCUT2D eigenvalue weighted by Crippen LogP contribution is 2.30. The van der Waals surface area contributed by atoms with E-state index >= 15 is 0 Å². The smallest absolute Gasteiger partial charge is 0.256 e. The molecule has 9 nitrogen and oxygen atoms in total. The first-order chi connectivity index (χ1) is 14.0. The molecule has 0 bridgehead atoms. The van der Waals surface area contributed by atoms with Crippen LogP contribution in [0, 0.1) is 5.92 Å². The number of aromatic nitrogens is 1. The Bertz CT molecular complexity index is 816. The molecular weight excluding hydrogens is 374 g/mol. The van der Waals surface area contributed by atoms with Crippen molar-refractivity contribution in [3.05, 3.63) is 23.9 Å². The number of rotatable bonds is 3. The van der Waals surface area contributed by atoms with E-state index in [4.69, 9.17) is 0 Å². The number of nitrogens with zero attached hydrogens (tertiary/aromatic N) is 3. The average molecular weight is 401 g/mol. The summed E-state index contributed by atoms with van der Waals surface area (Å²) in [7, 11) is 0. The van der Waals surface area contributed by atoms with Crippen molar-refractivity contribution < 1.29 is 19.5 Å². The molecule has 2 unspecified atom stereocenters. The molecule has 0 saturated carbocycles. The number of pyridine rings is 1. The molecule has 3 N–H and O–H groups in total. The average Bonchev–Trinajstić information content (AvgIpc) is 2.88. The molecule has 156 valence electrons. The van der Waals surface area contributed by atoms with E-state index in [9.17, 15) is 19.5 Å². The van der Waals surface area contributed by atoms with Gasteiger partial charge in [-0.1, -0.05) is 0 Å². The number of likely N-dealkylation sites (tertiary alicyclic amines) is 2. The molecule has 1 aromatic heterocycles. The molecule has 9 heteroatoms. The Kier molecular flexibility index (Phi) is 5.40. The van der Waals surface area contributed by atoms with Gasteiger partial charge in [0.05, 0.1) is 12.1 Å². The number of hydrogen-bond acceptors (Lipinski definition) is 6. The van der Waals surface area contributed by atoms with Crippen LogP contribution in [0.1, 0.15) is 42.5 Å². The number of aliphatic hydroxyl groups is 1. The molecule has 0 radical (unpaired) electrons. The number of fused-ring (bicyclic) bond motifs is 1. The summed E-state index contributed by atoms with van der Waals surface area (Å²) in [5.74, 6) is 0.266. The summed E-state index contributed by atoms with van der Waals surface area (Å²) < 4.78 is 0. The number of carbonyl (C=O) groups excluding carboxylic acids is 3. The lowest BCUT2D eigenvalue weighted by Crippen LogP contribution is -2.58. The third-order valence-electron chi connectivity index (χ3n) is 6.15. The van der Waals surface area contributed by atoms with Gasteiger partial charge in [-0.3, -0.25) is 14.4 Å². The van der Waals surface area contributed by atoms with Gasteiger partial charge < -0.3 is 25.5 Å². The van der Waals surface area contributed by atoms with Crippen molar-refractivity contribution in [3.63, 3.8) is 0 Å². The van der Waals surface area contributed by atoms with Gasteiger partial charge in [0.1, 0.15) is 11.5 Å². The molecule has 3 aliphatic rings. The van der Waals surface area contributed by atoms with E-state index in [0.29, 0.717) is 43.9 Å². The highest BCUT2D eigenvalue weighted by atomic mass is 16.3. The Labute approximate surface area is 169 Å². The molecule has 2 fully saturated rings. The molecular formula is C20H27N5O4. The molecule has 1 aromatic rings. The molecule has 4 rings (SSSR count). The highest BCUT2D eigenvalue weighted by Gasteiger charge is 2.41. The first-order valence-corrected chi connectivity index (χ1v) is 10.2. The number of piperidine rings is 1. The Morgan fingerprint density at radius 3 is 2.97 bits per heavy atom. The Balaban J connectivity index is 1.42. The fourth-order valence-corrected chi connectivity index (χ4v) is 4.41. The van der Waals surface area contributed by atoms with Crippen molar-refractivity contribution in [2.24, 2.45) is 5.92 Å². The third kappa shape index (κ3) is 4.05. The molecule has 4 heterocycles. The van der Waals surface area contributed by atoms with Crippen molar-refractivity contribution in [3.8, 4) is 0 Å². The van der Waals surface area contributed by atoms with E-state index < -0.39 is 5.66 Å². The fraction of sp³-hybridized carbons (Fsp3) is 0.600. The van der Waals surface area contributed by atoms with Gasteiger partial charge in [-0.05, 0) is 37.3 Å². The Hall–Kier alpha value is -2.68. The topological polar surface area (TPSA) is 115 Å². The predicted molar refractivity (Wildman–Crippen MR) is 105 cm³/mol. The van der Waals surface area contributed by atoms with Crippen LogP contribution in [0.5, 0.6) is 0 Å². The summed E-state index contributed by atoms with van der Waals surface area (Å²) >= 11 is 0. The lowest BCUT2D eigenvalue weighted by atomic mass is 9.97. The number of hydrogen-bond donors (Lipinski definition) is 3. The van der Waals surface area contributed by atoms with Crippen molar-refractivity contribution in [1.82, 2.24) is 20.1 Å². The van der Waals surface area contributed by atoms with Crippen LogP contribution in [-0.4, -0.2) is 76.1 Å². The van der Waals surface area contributed by atoms with Crippen LogP contribution in [0.25, 0.3) is 0 Å². The molecule has 2 atom stereocenters. The molecule has 3 aliphatic heterocycles. The van der Waals surface area contributed by atoms with Crippen LogP contribution in [0.2, 0.25) is 0 Å². The summed E-state index contributed by atoms with van der Waals surface area (Å²) in [6, 6.07) is 3.42. The van der Waals surface area contributed by atoms with Crippen LogP contribution in [-0.2, 0) is 9.59 Å². The minimum Gasteiger partial charge on any atom is -0.396 e. The van der Waals surface area contributed by atoms with Crippen LogP contribution in [0.4, 0.5) is 5.82 Å². The normalized spacial score (nSPS) is 27.1. The summed E-state index contributed by atoms with van der Waals surface area (Å²) in [6.45, 7) is 1.70. The van der Waals surface area contributed by atoms with Gasteiger partial charge in [0.25, 0.3) is 5.91 Å². The van der Waals surface area contributed by atoms with E-state index in [1.54, 1.807) is 28.1 Å². The summed E-state index contributed by atoms with van der Waals surface area (Å²) in [6.07, 6.45) is 4.59. The lowest BCUT2D eigenvalue weighted by Gasteiger charge is -2.39. The van der Waals surface area contributed by atoms with Crippen LogP contribution < -0.4 is 10.6 Å².